The van der Waals surface area contributed by atoms with Crippen molar-refractivity contribution < 1.29 is 16.4 Å². The number of hydrogen-bond donors (Lipinski definition) is 0. The van der Waals surface area contributed by atoms with Crippen LogP contribution in [0.2, 0.25) is 0 Å². The topological polar surface area (TPSA) is 11.6 Å². The van der Waals surface area contributed by atoms with Crippen LogP contribution in [0.5, 0.6) is 0 Å². The van der Waals surface area contributed by atoms with Crippen molar-refractivity contribution in [3.63, 3.8) is 0 Å². The van der Waals surface area contributed by atoms with Gasteiger partial charge in [-0.15, -0.1) is 0 Å². The lowest BCUT2D eigenvalue weighted by Crippen LogP contribution is -2.31. The van der Waals surface area contributed by atoms with E-state index in [0.29, 0.717) is 28.6 Å². The fourth-order valence-electron chi connectivity index (χ4n) is 18.8. The predicted octanol–water partition coefficient (Wildman–Crippen LogP) is 21.2. The van der Waals surface area contributed by atoms with Crippen LogP contribution in [-0.4, -0.2) is 0 Å². The Morgan fingerprint density at radius 3 is 1.04 bits per heavy atom. The molecule has 0 saturated heterocycles. The predicted molar refractivity (Wildman–Crippen MR) is 376 cm³/mol. The number of fused-ring (bicyclic) bond motifs is 6. The molecule has 3 heterocycles. The Bertz CT molecular complexity index is 4290. The fraction of sp³-hybridized carbons (Fsp3) is 0.414. The van der Waals surface area contributed by atoms with Crippen molar-refractivity contribution >= 4 is 0 Å². The summed E-state index contributed by atoms with van der Waals surface area (Å²) in [6, 6.07) is 66.5. The monoisotopic (exact) mass is 1190 g/mol. The summed E-state index contributed by atoms with van der Waals surface area (Å²) in [5, 5.41) is 0. The summed E-state index contributed by atoms with van der Waals surface area (Å²) in [6.45, 7) is 28.4. The summed E-state index contributed by atoms with van der Waals surface area (Å²) in [5.41, 5.74) is 24.3. The van der Waals surface area contributed by atoms with Crippen LogP contribution in [-0.2, 0) is 21.1 Å². The molecule has 15 rings (SSSR count). The molecule has 3 heteroatoms. The highest BCUT2D eigenvalue weighted by atomic mass is 14.9. The van der Waals surface area contributed by atoms with Gasteiger partial charge < -0.3 is 0 Å². The molecule has 0 aliphatic heterocycles. The lowest BCUT2D eigenvalue weighted by Gasteiger charge is -2.39. The maximum absolute atomic E-state index is 9.66. The zero-order valence-electron chi connectivity index (χ0n) is 59.1. The highest BCUT2D eigenvalue weighted by Gasteiger charge is 2.63. The van der Waals surface area contributed by atoms with E-state index in [4.69, 9.17) is 0 Å². The fourth-order valence-corrected chi connectivity index (χ4v) is 18.8. The number of nitrogens with zero attached hydrogens (tertiary/aromatic N) is 3. The van der Waals surface area contributed by atoms with Crippen LogP contribution in [0.3, 0.4) is 0 Å². The van der Waals surface area contributed by atoms with Gasteiger partial charge in [-0.1, -0.05) is 190 Å². The van der Waals surface area contributed by atoms with E-state index in [0.717, 1.165) is 25.2 Å². The first kappa shape index (κ1) is 59.1. The maximum Gasteiger partial charge on any atom is 0.213 e. The van der Waals surface area contributed by atoms with Gasteiger partial charge in [0.05, 0.1) is 0 Å². The first-order chi connectivity index (χ1) is 43.7. The lowest BCUT2D eigenvalue weighted by molar-refractivity contribution is -0.660. The summed E-state index contributed by atoms with van der Waals surface area (Å²) in [7, 11) is 6.36. The first-order valence-electron chi connectivity index (χ1n) is 35.2. The molecule has 90 heavy (non-hydrogen) atoms. The highest BCUT2D eigenvalue weighted by molar-refractivity contribution is 5.73. The molecule has 9 unspecified atom stereocenters. The van der Waals surface area contributed by atoms with Gasteiger partial charge in [0, 0.05) is 55.8 Å². The van der Waals surface area contributed by atoms with E-state index >= 15 is 0 Å². The van der Waals surface area contributed by atoms with Crippen molar-refractivity contribution in [2.24, 2.45) is 71.4 Å². The van der Waals surface area contributed by atoms with Gasteiger partial charge in [0.2, 0.25) is 17.1 Å². The Balaban J connectivity index is 0.000000126. The lowest BCUT2D eigenvalue weighted by atomic mass is 9.65. The van der Waals surface area contributed by atoms with E-state index in [2.05, 4.69) is 319 Å². The molecule has 6 aliphatic rings. The van der Waals surface area contributed by atoms with E-state index in [1.54, 1.807) is 0 Å². The molecule has 0 amide bonds. The van der Waals surface area contributed by atoms with Crippen molar-refractivity contribution in [1.82, 2.24) is 0 Å². The minimum Gasteiger partial charge on any atom is -0.201 e. The number of rotatable bonds is 9. The Hall–Kier alpha value is -7.23. The number of hydrogen-bond acceptors (Lipinski definition) is 0. The minimum absolute atomic E-state index is 0.0265. The number of benzene rings is 6. The molecule has 6 saturated carbocycles. The van der Waals surface area contributed by atoms with Crippen molar-refractivity contribution in [2.75, 3.05) is 0 Å². The zero-order chi connectivity index (χ0) is 65.1. The van der Waals surface area contributed by atoms with Gasteiger partial charge >= 0.3 is 0 Å². The normalized spacial score (nSPS) is 28.8. The van der Waals surface area contributed by atoms with Gasteiger partial charge in [0.15, 0.2) is 18.6 Å². The van der Waals surface area contributed by atoms with Gasteiger partial charge in [-0.25, -0.2) is 13.7 Å². The van der Waals surface area contributed by atoms with E-state index < -0.39 is 11.8 Å². The summed E-state index contributed by atoms with van der Waals surface area (Å²) in [4.78, 5) is 0. The molecule has 6 bridgehead atoms. The molecular formula is C87H102N3+3. The van der Waals surface area contributed by atoms with E-state index in [1.807, 2.05) is 0 Å². The van der Waals surface area contributed by atoms with Gasteiger partial charge in [0.25, 0.3) is 0 Å². The highest BCUT2D eigenvalue weighted by Crippen LogP contribution is 2.73. The molecule has 462 valence electrons. The van der Waals surface area contributed by atoms with E-state index in [1.165, 1.54) is 139 Å². The summed E-state index contributed by atoms with van der Waals surface area (Å²) >= 11 is 0. The smallest absolute Gasteiger partial charge is 0.201 e. The van der Waals surface area contributed by atoms with E-state index in [9.17, 15) is 2.74 Å². The molecule has 6 fully saturated rings. The first-order valence-corrected chi connectivity index (χ1v) is 34.2. The van der Waals surface area contributed by atoms with E-state index in [-0.39, 0.29) is 21.7 Å². The second kappa shape index (κ2) is 23.2. The molecule has 9 aromatic rings. The van der Waals surface area contributed by atoms with Crippen LogP contribution in [0.15, 0.2) is 201 Å². The third kappa shape index (κ3) is 10.3. The standard InChI is InChI=1S/3C29H34N/c2*1-20-9-6-7-12-25(20)27-18-22(14-16-30(27)5)21-10-8-11-23(17-21)26-19-24-13-15-29(26,4)28(24,2)3;1-20-8-6-7-9-25(20)27-18-23(15-17-30(27)5)21-10-12-22(13-11-21)26-19-24-14-16-29(26,4)28(24,2)3/h2*6-12,14,16-18,24,26H,13,15,19H2,1-5H3;6-13,15,17-18,24,26H,14,16,19H2,1-5H3/q3*+1/i26D;;26D. The molecule has 0 N–H and O–H groups in total. The van der Waals surface area contributed by atoms with Crippen LogP contribution >= 0.6 is 0 Å². The third-order valence-electron chi connectivity index (χ3n) is 26.3. The third-order valence-corrected chi connectivity index (χ3v) is 26.3. The maximum atomic E-state index is 9.66. The molecule has 3 aromatic heterocycles. The molecule has 0 radical (unpaired) electrons. The van der Waals surface area contributed by atoms with Crippen LogP contribution in [0.25, 0.3) is 67.2 Å². The number of pyridine rings is 3. The van der Waals surface area contributed by atoms with Gasteiger partial charge in [0.1, 0.15) is 21.1 Å². The summed E-state index contributed by atoms with van der Waals surface area (Å²) < 4.78 is 25.8. The summed E-state index contributed by atoms with van der Waals surface area (Å²) in [6.07, 6.45) is 17.5. The Kier molecular flexibility index (Phi) is 15.2. The SMILES string of the molecule is Cc1ccccc1-c1cc(-c2cccc(C3CC4CCC3(C)C4(C)C)c2)cc[n+]1C.[2H]C1(c2ccc(-c3cc[n+](C)c(-c4ccccc4C)c3)cc2)CC2CCC1(C)C2(C)C.[2H]C1(c2cccc(-c3cc[n+](C)c(-c4ccccc4C)c3)c2)CC2CCC1(C)C2(C)C. The molecular weight excluding hydrogens is 1090 g/mol. The van der Waals surface area contributed by atoms with Gasteiger partial charge in [-0.05, 0) is 231 Å². The molecule has 9 atom stereocenters. The van der Waals surface area contributed by atoms with Crippen LogP contribution in [0.1, 0.15) is 174 Å². The average molecular weight is 1190 g/mol. The van der Waals surface area contributed by atoms with Crippen LogP contribution in [0.4, 0.5) is 0 Å². The Labute approximate surface area is 544 Å². The largest absolute Gasteiger partial charge is 0.213 e. The zero-order valence-corrected chi connectivity index (χ0v) is 57.1. The van der Waals surface area contributed by atoms with Crippen LogP contribution < -0.4 is 13.7 Å². The molecule has 0 spiro atoms. The van der Waals surface area contributed by atoms with Crippen molar-refractivity contribution in [3.05, 3.63) is 234 Å². The quantitative estimate of drug-likeness (QED) is 0.128. The van der Waals surface area contributed by atoms with Crippen LogP contribution in [0, 0.1) is 71.0 Å². The Morgan fingerprint density at radius 2 is 0.678 bits per heavy atom. The minimum atomic E-state index is -0.506. The Morgan fingerprint density at radius 1 is 0.333 bits per heavy atom. The van der Waals surface area contributed by atoms with Gasteiger partial charge in [-0.3, -0.25) is 0 Å². The van der Waals surface area contributed by atoms with Crippen molar-refractivity contribution in [3.8, 4) is 67.2 Å². The molecule has 6 aromatic carbocycles. The van der Waals surface area contributed by atoms with Gasteiger partial charge in [-0.2, -0.15) is 0 Å². The van der Waals surface area contributed by atoms with Crippen molar-refractivity contribution in [1.29, 1.82) is 0 Å². The second-order valence-corrected chi connectivity index (χ2v) is 31.1. The molecule has 6 aliphatic carbocycles. The second-order valence-electron chi connectivity index (χ2n) is 31.1. The van der Waals surface area contributed by atoms with Crippen molar-refractivity contribution in [2.45, 2.75) is 159 Å². The number of aromatic nitrogens is 3. The summed E-state index contributed by atoms with van der Waals surface area (Å²) in [5.74, 6) is 1.89. The molecule has 3 nitrogen and oxygen atoms in total. The average Bonchev–Trinajstić information content (AvgIpc) is 1.56. The number of aryl methyl sites for hydroxylation is 6.